The van der Waals surface area contributed by atoms with Gasteiger partial charge in [-0.15, -0.1) is 10.2 Å². The molecule has 1 unspecified atom stereocenters. The van der Waals surface area contributed by atoms with Crippen molar-refractivity contribution in [2.24, 2.45) is 0 Å². The van der Waals surface area contributed by atoms with Crippen LogP contribution in [0.4, 0.5) is 13.2 Å². The van der Waals surface area contributed by atoms with Gasteiger partial charge in [-0.1, -0.05) is 12.1 Å². The molecule has 0 bridgehead atoms. The second-order valence-corrected chi connectivity index (χ2v) is 8.54. The van der Waals surface area contributed by atoms with Crippen molar-refractivity contribution in [2.75, 3.05) is 13.1 Å². The first-order chi connectivity index (χ1) is 16.9. The van der Waals surface area contributed by atoms with Crippen molar-refractivity contribution >= 4 is 5.91 Å². The predicted molar refractivity (Wildman–Crippen MR) is 120 cm³/mol. The zero-order valence-electron chi connectivity index (χ0n) is 18.7. The summed E-state index contributed by atoms with van der Waals surface area (Å²) in [6.07, 6.45) is 2.51. The van der Waals surface area contributed by atoms with E-state index in [0.717, 1.165) is 30.5 Å². The van der Waals surface area contributed by atoms with Gasteiger partial charge in [0.1, 0.15) is 0 Å². The number of piperidine rings is 1. The standard InChI is InChI=1S/C25H22F3N5O2/c26-25(27,28)21-9-7-18(8-10-21)22-30-31-23(35-22)20-2-1-12-33(15-20)24(34)19-5-3-17(4-6-19)14-32-13-11-29-16-32/h3-11,13,16,20H,1-2,12,14-15H2. The fourth-order valence-corrected chi connectivity index (χ4v) is 4.21. The number of halogens is 3. The van der Waals surface area contributed by atoms with Crippen molar-refractivity contribution in [1.82, 2.24) is 24.6 Å². The molecule has 1 aliphatic rings. The van der Waals surface area contributed by atoms with Gasteiger partial charge in [0.25, 0.3) is 5.91 Å². The number of carbonyl (C=O) groups excluding carboxylic acids is 1. The van der Waals surface area contributed by atoms with Crippen LogP contribution in [0.2, 0.25) is 0 Å². The van der Waals surface area contributed by atoms with Crippen LogP contribution in [0.3, 0.4) is 0 Å². The van der Waals surface area contributed by atoms with Crippen LogP contribution in [0, 0.1) is 0 Å². The number of hydrogen-bond acceptors (Lipinski definition) is 5. The highest BCUT2D eigenvalue weighted by Crippen LogP contribution is 2.32. The minimum atomic E-state index is -4.41. The van der Waals surface area contributed by atoms with Gasteiger partial charge in [-0.2, -0.15) is 13.2 Å². The third-order valence-corrected chi connectivity index (χ3v) is 6.08. The Morgan fingerprint density at radius 1 is 1.06 bits per heavy atom. The topological polar surface area (TPSA) is 77.1 Å². The highest BCUT2D eigenvalue weighted by Gasteiger charge is 2.31. The molecule has 7 nitrogen and oxygen atoms in total. The smallest absolute Gasteiger partial charge is 0.416 e. The first-order valence-electron chi connectivity index (χ1n) is 11.2. The summed E-state index contributed by atoms with van der Waals surface area (Å²) in [7, 11) is 0. The normalized spacial score (nSPS) is 16.4. The quantitative estimate of drug-likeness (QED) is 0.400. The zero-order chi connectivity index (χ0) is 24.4. The fourth-order valence-electron chi connectivity index (χ4n) is 4.21. The van der Waals surface area contributed by atoms with Gasteiger partial charge in [0.05, 0.1) is 17.8 Å². The number of benzene rings is 2. The Balaban J connectivity index is 1.24. The molecule has 1 aliphatic heterocycles. The number of amides is 1. The summed E-state index contributed by atoms with van der Waals surface area (Å²) in [5, 5.41) is 8.13. The molecule has 1 amide bonds. The number of rotatable bonds is 5. The van der Waals surface area contributed by atoms with E-state index in [1.165, 1.54) is 12.1 Å². The molecule has 180 valence electrons. The highest BCUT2D eigenvalue weighted by atomic mass is 19.4. The van der Waals surface area contributed by atoms with Gasteiger partial charge in [0.15, 0.2) is 0 Å². The van der Waals surface area contributed by atoms with Crippen molar-refractivity contribution < 1.29 is 22.4 Å². The Morgan fingerprint density at radius 3 is 2.51 bits per heavy atom. The largest absolute Gasteiger partial charge is 0.420 e. The average molecular weight is 481 g/mol. The summed E-state index contributed by atoms with van der Waals surface area (Å²) in [6, 6.07) is 12.1. The Hall–Kier alpha value is -3.95. The molecule has 0 aliphatic carbocycles. The van der Waals surface area contributed by atoms with Crippen LogP contribution in [-0.2, 0) is 12.7 Å². The van der Waals surface area contributed by atoms with E-state index in [1.54, 1.807) is 17.4 Å². The van der Waals surface area contributed by atoms with Gasteiger partial charge in [0.2, 0.25) is 11.8 Å². The van der Waals surface area contributed by atoms with E-state index in [0.29, 0.717) is 36.7 Å². The zero-order valence-corrected chi connectivity index (χ0v) is 18.7. The maximum atomic E-state index is 13.1. The summed E-state index contributed by atoms with van der Waals surface area (Å²) >= 11 is 0. The van der Waals surface area contributed by atoms with Crippen LogP contribution in [-0.4, -0.2) is 43.6 Å². The average Bonchev–Trinajstić information content (AvgIpc) is 3.56. The van der Waals surface area contributed by atoms with Gasteiger partial charge >= 0.3 is 6.18 Å². The molecule has 2 aromatic heterocycles. The molecular weight excluding hydrogens is 459 g/mol. The molecule has 35 heavy (non-hydrogen) atoms. The molecule has 0 radical (unpaired) electrons. The number of hydrogen-bond donors (Lipinski definition) is 0. The lowest BCUT2D eigenvalue weighted by atomic mass is 9.97. The van der Waals surface area contributed by atoms with Crippen molar-refractivity contribution in [1.29, 1.82) is 0 Å². The van der Waals surface area contributed by atoms with Gasteiger partial charge in [-0.05, 0) is 54.8 Å². The SMILES string of the molecule is O=C(c1ccc(Cn2ccnc2)cc1)N1CCCC(c2nnc(-c3ccc(C(F)(F)F)cc3)o2)C1. The van der Waals surface area contributed by atoms with E-state index < -0.39 is 11.7 Å². The van der Waals surface area contributed by atoms with E-state index >= 15 is 0 Å². The van der Waals surface area contributed by atoms with Crippen molar-refractivity contribution in [3.63, 3.8) is 0 Å². The summed E-state index contributed by atoms with van der Waals surface area (Å²) < 4.78 is 46.1. The lowest BCUT2D eigenvalue weighted by Gasteiger charge is -2.31. The first-order valence-corrected chi connectivity index (χ1v) is 11.2. The van der Waals surface area contributed by atoms with E-state index in [-0.39, 0.29) is 17.7 Å². The Bertz CT molecular complexity index is 1280. The van der Waals surface area contributed by atoms with E-state index in [2.05, 4.69) is 15.2 Å². The van der Waals surface area contributed by atoms with Gasteiger partial charge < -0.3 is 13.9 Å². The van der Waals surface area contributed by atoms with Crippen LogP contribution in [0.5, 0.6) is 0 Å². The fraction of sp³-hybridized carbons (Fsp3) is 0.280. The van der Waals surface area contributed by atoms with Crippen LogP contribution in [0.25, 0.3) is 11.5 Å². The molecular formula is C25H22F3N5O2. The minimum Gasteiger partial charge on any atom is -0.420 e. The number of alkyl halides is 3. The molecule has 1 atom stereocenters. The van der Waals surface area contributed by atoms with Gasteiger partial charge in [0, 0.05) is 43.2 Å². The predicted octanol–water partition coefficient (Wildman–Crippen LogP) is 5.02. The van der Waals surface area contributed by atoms with Crippen molar-refractivity contribution in [3.05, 3.63) is 89.8 Å². The second kappa shape index (κ2) is 9.36. The molecule has 3 heterocycles. The summed E-state index contributed by atoms with van der Waals surface area (Å²) in [6.45, 7) is 1.75. The molecule has 2 aromatic carbocycles. The third-order valence-electron chi connectivity index (χ3n) is 6.08. The molecule has 1 fully saturated rings. The Morgan fingerprint density at radius 2 is 1.83 bits per heavy atom. The Labute approximate surface area is 199 Å². The van der Waals surface area contributed by atoms with Crippen molar-refractivity contribution in [3.8, 4) is 11.5 Å². The van der Waals surface area contributed by atoms with E-state index in [9.17, 15) is 18.0 Å². The molecule has 1 saturated heterocycles. The molecule has 5 rings (SSSR count). The summed E-state index contributed by atoms with van der Waals surface area (Å²) in [5.74, 6) is 0.342. The van der Waals surface area contributed by atoms with Gasteiger partial charge in [-0.3, -0.25) is 4.79 Å². The van der Waals surface area contributed by atoms with Crippen molar-refractivity contribution in [2.45, 2.75) is 31.5 Å². The maximum Gasteiger partial charge on any atom is 0.416 e. The summed E-state index contributed by atoms with van der Waals surface area (Å²) in [5.41, 5.74) is 1.35. The number of likely N-dealkylation sites (tertiary alicyclic amines) is 1. The van der Waals surface area contributed by atoms with E-state index in [4.69, 9.17) is 4.42 Å². The van der Waals surface area contributed by atoms with Crippen LogP contribution in [0.15, 0.2) is 71.7 Å². The molecule has 0 spiro atoms. The lowest BCUT2D eigenvalue weighted by molar-refractivity contribution is -0.137. The Kier molecular flexibility index (Phi) is 6.10. The van der Waals surface area contributed by atoms with Crippen LogP contribution >= 0.6 is 0 Å². The number of aromatic nitrogens is 4. The van der Waals surface area contributed by atoms with Gasteiger partial charge in [-0.25, -0.2) is 4.98 Å². The highest BCUT2D eigenvalue weighted by molar-refractivity contribution is 5.94. The second-order valence-electron chi connectivity index (χ2n) is 8.54. The number of nitrogens with zero attached hydrogens (tertiary/aromatic N) is 5. The first kappa shape index (κ1) is 22.8. The molecule has 4 aromatic rings. The monoisotopic (exact) mass is 481 g/mol. The van der Waals surface area contributed by atoms with Crippen LogP contribution in [0.1, 0.15) is 46.1 Å². The summed E-state index contributed by atoms with van der Waals surface area (Å²) in [4.78, 5) is 18.9. The lowest BCUT2D eigenvalue weighted by Crippen LogP contribution is -2.39. The van der Waals surface area contributed by atoms with E-state index in [1.807, 2.05) is 35.0 Å². The number of carbonyl (C=O) groups is 1. The van der Waals surface area contributed by atoms with Crippen LogP contribution < -0.4 is 0 Å². The maximum absolute atomic E-state index is 13.1. The third kappa shape index (κ3) is 5.11. The number of imidazole rings is 1. The molecule has 0 saturated carbocycles. The molecule has 0 N–H and O–H groups in total. The molecule has 10 heteroatoms. The minimum absolute atomic E-state index is 0.0636.